The number of amides is 2. The molecule has 0 spiro atoms. The number of methoxy groups -OCH3 is 1. The Morgan fingerprint density at radius 2 is 2.18 bits per heavy atom. The van der Waals surface area contributed by atoms with E-state index in [-0.39, 0.29) is 31.3 Å². The van der Waals surface area contributed by atoms with Gasteiger partial charge < -0.3 is 20.5 Å². The van der Waals surface area contributed by atoms with Crippen molar-refractivity contribution < 1.29 is 24.2 Å². The standard InChI is InChI=1S/C14H20N2O5S/c1-21-7-4-11(14(19)20)16-12(17)3-2-6-15-13(18)10-5-8-22-9-10/h5,8-9,11H,2-4,6-7H2,1H3,(H,15,18)(H,16,17)(H,19,20). The van der Waals surface area contributed by atoms with E-state index in [9.17, 15) is 14.4 Å². The lowest BCUT2D eigenvalue weighted by molar-refractivity contribution is -0.142. The normalized spacial score (nSPS) is 11.7. The summed E-state index contributed by atoms with van der Waals surface area (Å²) in [5.74, 6) is -1.62. The second kappa shape index (κ2) is 9.91. The Bertz CT molecular complexity index is 489. The van der Waals surface area contributed by atoms with Crippen molar-refractivity contribution in [1.82, 2.24) is 10.6 Å². The highest BCUT2D eigenvalue weighted by Crippen LogP contribution is 2.05. The van der Waals surface area contributed by atoms with E-state index in [1.165, 1.54) is 18.4 Å². The van der Waals surface area contributed by atoms with E-state index >= 15 is 0 Å². The Balaban J connectivity index is 2.22. The molecule has 8 heteroatoms. The number of carboxylic acid groups (broad SMARTS) is 1. The van der Waals surface area contributed by atoms with E-state index in [1.807, 2.05) is 5.38 Å². The Morgan fingerprint density at radius 1 is 1.41 bits per heavy atom. The number of ether oxygens (including phenoxy) is 1. The first-order valence-corrected chi connectivity index (χ1v) is 7.80. The quantitative estimate of drug-likeness (QED) is 0.553. The molecular weight excluding hydrogens is 308 g/mol. The predicted molar refractivity (Wildman–Crippen MR) is 81.9 cm³/mol. The predicted octanol–water partition coefficient (Wildman–Crippen LogP) is 0.864. The molecule has 1 unspecified atom stereocenters. The average Bonchev–Trinajstić information content (AvgIpc) is 3.01. The maximum Gasteiger partial charge on any atom is 0.326 e. The summed E-state index contributed by atoms with van der Waals surface area (Å²) in [6.07, 6.45) is 0.811. The van der Waals surface area contributed by atoms with Crippen LogP contribution in [-0.2, 0) is 14.3 Å². The van der Waals surface area contributed by atoms with Crippen LogP contribution in [0.4, 0.5) is 0 Å². The van der Waals surface area contributed by atoms with Crippen molar-refractivity contribution in [3.05, 3.63) is 22.4 Å². The Kier molecular flexibility index (Phi) is 8.16. The highest BCUT2D eigenvalue weighted by Gasteiger charge is 2.19. The number of thiophene rings is 1. The van der Waals surface area contributed by atoms with Gasteiger partial charge in [-0.05, 0) is 17.9 Å². The summed E-state index contributed by atoms with van der Waals surface area (Å²) >= 11 is 1.44. The molecule has 1 heterocycles. The Labute approximate surface area is 132 Å². The van der Waals surface area contributed by atoms with Gasteiger partial charge in [0.05, 0.1) is 0 Å². The highest BCUT2D eigenvalue weighted by molar-refractivity contribution is 7.08. The van der Waals surface area contributed by atoms with Crippen molar-refractivity contribution in [1.29, 1.82) is 0 Å². The minimum atomic E-state index is -1.09. The SMILES string of the molecule is COCCC(NC(=O)CCCNC(=O)c1ccsc1)C(=O)O. The van der Waals surface area contributed by atoms with Gasteiger partial charge in [0.15, 0.2) is 0 Å². The number of aliphatic carboxylic acids is 1. The molecule has 0 bridgehead atoms. The molecule has 1 aromatic rings. The molecule has 1 aromatic heterocycles. The molecule has 3 N–H and O–H groups in total. The summed E-state index contributed by atoms with van der Waals surface area (Å²) in [6.45, 7) is 0.617. The van der Waals surface area contributed by atoms with Gasteiger partial charge in [0.25, 0.3) is 5.91 Å². The minimum Gasteiger partial charge on any atom is -0.480 e. The van der Waals surface area contributed by atoms with Gasteiger partial charge in [-0.3, -0.25) is 9.59 Å². The van der Waals surface area contributed by atoms with E-state index < -0.39 is 12.0 Å². The molecule has 0 radical (unpaired) electrons. The third-order valence-corrected chi connectivity index (χ3v) is 3.58. The minimum absolute atomic E-state index is 0.153. The van der Waals surface area contributed by atoms with E-state index in [0.717, 1.165) is 0 Å². The summed E-state index contributed by atoms with van der Waals surface area (Å²) in [4.78, 5) is 34.3. The number of nitrogens with one attached hydrogen (secondary N) is 2. The van der Waals surface area contributed by atoms with E-state index in [1.54, 1.807) is 11.4 Å². The molecule has 122 valence electrons. The fraction of sp³-hybridized carbons (Fsp3) is 0.500. The van der Waals surface area contributed by atoms with Crippen LogP contribution < -0.4 is 10.6 Å². The van der Waals surface area contributed by atoms with Gasteiger partial charge in [-0.2, -0.15) is 11.3 Å². The lowest BCUT2D eigenvalue weighted by Gasteiger charge is -2.14. The van der Waals surface area contributed by atoms with Crippen LogP contribution in [-0.4, -0.2) is 49.2 Å². The number of carbonyl (C=O) groups is 3. The summed E-state index contributed by atoms with van der Waals surface area (Å²) in [5.41, 5.74) is 0.597. The molecule has 0 aliphatic carbocycles. The molecule has 0 saturated heterocycles. The number of carbonyl (C=O) groups excluding carboxylic acids is 2. The number of hydrogen-bond acceptors (Lipinski definition) is 5. The molecule has 7 nitrogen and oxygen atoms in total. The molecule has 0 aliphatic rings. The van der Waals surface area contributed by atoms with E-state index in [0.29, 0.717) is 18.5 Å². The lowest BCUT2D eigenvalue weighted by atomic mass is 10.2. The van der Waals surface area contributed by atoms with Crippen molar-refractivity contribution in [3.8, 4) is 0 Å². The fourth-order valence-corrected chi connectivity index (χ4v) is 2.34. The van der Waals surface area contributed by atoms with Crippen LogP contribution in [0.5, 0.6) is 0 Å². The van der Waals surface area contributed by atoms with Gasteiger partial charge in [-0.1, -0.05) is 0 Å². The van der Waals surface area contributed by atoms with E-state index in [2.05, 4.69) is 10.6 Å². The first kappa shape index (κ1) is 18.1. The molecule has 2 amide bonds. The van der Waals surface area contributed by atoms with Gasteiger partial charge in [-0.15, -0.1) is 0 Å². The van der Waals surface area contributed by atoms with Crippen LogP contribution >= 0.6 is 11.3 Å². The zero-order valence-corrected chi connectivity index (χ0v) is 13.1. The van der Waals surface area contributed by atoms with Gasteiger partial charge in [-0.25, -0.2) is 4.79 Å². The fourth-order valence-electron chi connectivity index (χ4n) is 1.71. The van der Waals surface area contributed by atoms with E-state index in [4.69, 9.17) is 9.84 Å². The number of hydrogen-bond donors (Lipinski definition) is 3. The van der Waals surface area contributed by atoms with Crippen molar-refractivity contribution in [2.45, 2.75) is 25.3 Å². The third-order valence-electron chi connectivity index (χ3n) is 2.89. The van der Waals surface area contributed by atoms with Crippen molar-refractivity contribution in [2.24, 2.45) is 0 Å². The molecule has 0 aromatic carbocycles. The van der Waals surface area contributed by atoms with Crippen molar-refractivity contribution in [2.75, 3.05) is 20.3 Å². The van der Waals surface area contributed by atoms with Crippen molar-refractivity contribution >= 4 is 29.1 Å². The summed E-state index contributed by atoms with van der Waals surface area (Å²) in [5, 5.41) is 17.7. The second-order valence-corrected chi connectivity index (χ2v) is 5.39. The Morgan fingerprint density at radius 3 is 2.77 bits per heavy atom. The summed E-state index contributed by atoms with van der Waals surface area (Å²) in [7, 11) is 1.47. The highest BCUT2D eigenvalue weighted by atomic mass is 32.1. The molecule has 1 atom stereocenters. The third kappa shape index (κ3) is 6.68. The first-order valence-electron chi connectivity index (χ1n) is 6.86. The van der Waals surface area contributed by atoms with Crippen LogP contribution in [0.25, 0.3) is 0 Å². The number of carboxylic acids is 1. The largest absolute Gasteiger partial charge is 0.480 e. The van der Waals surface area contributed by atoms with Gasteiger partial charge >= 0.3 is 5.97 Å². The van der Waals surface area contributed by atoms with Crippen LogP contribution in [0, 0.1) is 0 Å². The Hall–Kier alpha value is -1.93. The summed E-state index contributed by atoms with van der Waals surface area (Å²) < 4.78 is 4.80. The van der Waals surface area contributed by atoms with Gasteiger partial charge in [0.1, 0.15) is 6.04 Å². The van der Waals surface area contributed by atoms with Gasteiger partial charge in [0.2, 0.25) is 5.91 Å². The van der Waals surface area contributed by atoms with Gasteiger partial charge in [0, 0.05) is 44.0 Å². The van der Waals surface area contributed by atoms with Crippen LogP contribution in [0.1, 0.15) is 29.6 Å². The smallest absolute Gasteiger partial charge is 0.326 e. The maximum absolute atomic E-state index is 11.7. The monoisotopic (exact) mass is 328 g/mol. The lowest BCUT2D eigenvalue weighted by Crippen LogP contribution is -2.41. The van der Waals surface area contributed by atoms with Crippen LogP contribution in [0.15, 0.2) is 16.8 Å². The zero-order chi connectivity index (χ0) is 16.4. The first-order chi connectivity index (χ1) is 10.5. The molecular formula is C14H20N2O5S. The average molecular weight is 328 g/mol. The molecule has 1 rings (SSSR count). The summed E-state index contributed by atoms with van der Waals surface area (Å²) in [6, 6.07) is 0.771. The second-order valence-electron chi connectivity index (χ2n) is 4.61. The topological polar surface area (TPSA) is 105 Å². The molecule has 0 fully saturated rings. The number of rotatable bonds is 10. The van der Waals surface area contributed by atoms with Crippen molar-refractivity contribution in [3.63, 3.8) is 0 Å². The van der Waals surface area contributed by atoms with Crippen LogP contribution in [0.2, 0.25) is 0 Å². The van der Waals surface area contributed by atoms with Crippen LogP contribution in [0.3, 0.4) is 0 Å². The molecule has 0 aliphatic heterocycles. The molecule has 0 saturated carbocycles. The molecule has 22 heavy (non-hydrogen) atoms. The maximum atomic E-state index is 11.7. The zero-order valence-electron chi connectivity index (χ0n) is 12.3.